The Kier molecular flexibility index (Phi) is 6.37. The molecule has 2 amide bonds. The van der Waals surface area contributed by atoms with Gasteiger partial charge in [0, 0.05) is 11.0 Å². The van der Waals surface area contributed by atoms with Gasteiger partial charge in [-0.2, -0.15) is 0 Å². The topological polar surface area (TPSA) is 67.4 Å². The standard InChI is InChI=1S/C18H19BrN2O3/c1-12-3-8-16(15(19)11-12)21-18(23)17(22)20-10-9-13-4-6-14(24-2)7-5-13/h3-8,11H,9-10H2,1-2H3,(H,20,22)(H,21,23). The minimum Gasteiger partial charge on any atom is -0.497 e. The predicted octanol–water partition coefficient (Wildman–Crippen LogP) is 3.06. The van der Waals surface area contributed by atoms with Crippen LogP contribution in [0.4, 0.5) is 5.69 Å². The number of hydrogen-bond donors (Lipinski definition) is 2. The molecule has 0 atom stereocenters. The fourth-order valence-electron chi connectivity index (χ4n) is 2.09. The Hall–Kier alpha value is -2.34. The maximum atomic E-state index is 11.9. The van der Waals surface area contributed by atoms with Crippen molar-refractivity contribution in [3.63, 3.8) is 0 Å². The highest BCUT2D eigenvalue weighted by Crippen LogP contribution is 2.23. The van der Waals surface area contributed by atoms with Gasteiger partial charge in [-0.3, -0.25) is 9.59 Å². The van der Waals surface area contributed by atoms with Crippen molar-refractivity contribution >= 4 is 33.4 Å². The van der Waals surface area contributed by atoms with E-state index in [0.717, 1.165) is 21.3 Å². The molecule has 24 heavy (non-hydrogen) atoms. The van der Waals surface area contributed by atoms with E-state index in [9.17, 15) is 9.59 Å². The van der Waals surface area contributed by atoms with Crippen LogP contribution in [0.15, 0.2) is 46.9 Å². The number of halogens is 1. The van der Waals surface area contributed by atoms with Crippen LogP contribution in [-0.4, -0.2) is 25.5 Å². The zero-order valence-corrected chi connectivity index (χ0v) is 15.1. The third-order valence-electron chi connectivity index (χ3n) is 3.44. The lowest BCUT2D eigenvalue weighted by Crippen LogP contribution is -2.36. The lowest BCUT2D eigenvalue weighted by atomic mass is 10.1. The molecule has 0 spiro atoms. The summed E-state index contributed by atoms with van der Waals surface area (Å²) in [5.41, 5.74) is 2.68. The molecule has 2 N–H and O–H groups in total. The van der Waals surface area contributed by atoms with Gasteiger partial charge in [0.05, 0.1) is 12.8 Å². The molecule has 0 unspecified atom stereocenters. The zero-order chi connectivity index (χ0) is 17.5. The number of hydrogen-bond acceptors (Lipinski definition) is 3. The second-order valence-electron chi connectivity index (χ2n) is 5.29. The van der Waals surface area contributed by atoms with Gasteiger partial charge in [-0.15, -0.1) is 0 Å². The Morgan fingerprint density at radius 3 is 2.42 bits per heavy atom. The van der Waals surface area contributed by atoms with Crippen molar-refractivity contribution in [3.05, 3.63) is 58.1 Å². The van der Waals surface area contributed by atoms with Gasteiger partial charge >= 0.3 is 11.8 Å². The number of ether oxygens (including phenoxy) is 1. The van der Waals surface area contributed by atoms with Crippen LogP contribution in [0.3, 0.4) is 0 Å². The van der Waals surface area contributed by atoms with E-state index in [1.54, 1.807) is 13.2 Å². The number of rotatable bonds is 5. The first-order chi connectivity index (χ1) is 11.5. The fraction of sp³-hybridized carbons (Fsp3) is 0.222. The van der Waals surface area contributed by atoms with Crippen molar-refractivity contribution in [3.8, 4) is 5.75 Å². The highest BCUT2D eigenvalue weighted by Gasteiger charge is 2.14. The molecule has 2 aromatic rings. The highest BCUT2D eigenvalue weighted by molar-refractivity contribution is 9.10. The summed E-state index contributed by atoms with van der Waals surface area (Å²) in [6, 6.07) is 13.1. The minimum absolute atomic E-state index is 0.383. The second kappa shape index (κ2) is 8.49. The molecule has 2 aromatic carbocycles. The Balaban J connectivity index is 1.81. The number of carbonyl (C=O) groups is 2. The SMILES string of the molecule is COc1ccc(CCNC(=O)C(=O)Nc2ccc(C)cc2Br)cc1. The van der Waals surface area contributed by atoms with Gasteiger partial charge in [-0.25, -0.2) is 0 Å². The normalized spacial score (nSPS) is 10.1. The van der Waals surface area contributed by atoms with Crippen LogP contribution in [-0.2, 0) is 16.0 Å². The Morgan fingerprint density at radius 1 is 1.08 bits per heavy atom. The molecule has 0 aromatic heterocycles. The van der Waals surface area contributed by atoms with Crippen LogP contribution in [0.5, 0.6) is 5.75 Å². The summed E-state index contributed by atoms with van der Waals surface area (Å²) < 4.78 is 5.83. The molecule has 0 saturated heterocycles. The first-order valence-electron chi connectivity index (χ1n) is 7.48. The molecule has 2 rings (SSSR count). The number of anilines is 1. The van der Waals surface area contributed by atoms with Gasteiger partial charge in [0.2, 0.25) is 0 Å². The Morgan fingerprint density at radius 2 is 1.79 bits per heavy atom. The maximum Gasteiger partial charge on any atom is 0.313 e. The van der Waals surface area contributed by atoms with Crippen molar-refractivity contribution < 1.29 is 14.3 Å². The van der Waals surface area contributed by atoms with Crippen molar-refractivity contribution in [2.45, 2.75) is 13.3 Å². The molecule has 6 heteroatoms. The predicted molar refractivity (Wildman–Crippen MR) is 97.2 cm³/mol. The van der Waals surface area contributed by atoms with Gasteiger partial charge in [0.25, 0.3) is 0 Å². The molecule has 0 radical (unpaired) electrons. The number of amides is 2. The van der Waals surface area contributed by atoms with Crippen LogP contribution in [0.1, 0.15) is 11.1 Å². The van der Waals surface area contributed by atoms with E-state index in [1.165, 1.54) is 0 Å². The van der Waals surface area contributed by atoms with Gasteiger partial charge in [-0.05, 0) is 64.7 Å². The summed E-state index contributed by atoms with van der Waals surface area (Å²) in [7, 11) is 1.61. The van der Waals surface area contributed by atoms with E-state index in [-0.39, 0.29) is 0 Å². The van der Waals surface area contributed by atoms with E-state index in [4.69, 9.17) is 4.74 Å². The molecule has 0 fully saturated rings. The van der Waals surface area contributed by atoms with Gasteiger partial charge in [-0.1, -0.05) is 18.2 Å². The molecule has 0 saturated carbocycles. The molecule has 0 heterocycles. The maximum absolute atomic E-state index is 11.9. The molecular weight excluding hydrogens is 372 g/mol. The van der Waals surface area contributed by atoms with E-state index in [1.807, 2.05) is 43.3 Å². The second-order valence-corrected chi connectivity index (χ2v) is 6.15. The summed E-state index contributed by atoms with van der Waals surface area (Å²) in [6.45, 7) is 2.33. The quantitative estimate of drug-likeness (QED) is 0.770. The van der Waals surface area contributed by atoms with Crippen molar-refractivity contribution in [1.82, 2.24) is 5.32 Å². The first-order valence-corrected chi connectivity index (χ1v) is 8.27. The van der Waals surface area contributed by atoms with Crippen LogP contribution in [0, 0.1) is 6.92 Å². The third-order valence-corrected chi connectivity index (χ3v) is 4.09. The van der Waals surface area contributed by atoms with Crippen LogP contribution < -0.4 is 15.4 Å². The number of aryl methyl sites for hydroxylation is 1. The average Bonchev–Trinajstić information content (AvgIpc) is 2.57. The zero-order valence-electron chi connectivity index (χ0n) is 13.6. The van der Waals surface area contributed by atoms with Crippen LogP contribution in [0.2, 0.25) is 0 Å². The molecule has 0 aliphatic rings. The van der Waals surface area contributed by atoms with Crippen molar-refractivity contribution in [2.75, 3.05) is 19.0 Å². The summed E-state index contributed by atoms with van der Waals surface area (Å²) in [5.74, 6) is -0.559. The van der Waals surface area contributed by atoms with Gasteiger partial charge in [0.15, 0.2) is 0 Å². The average molecular weight is 391 g/mol. The Labute approximate surface area is 149 Å². The molecule has 0 aliphatic heterocycles. The van der Waals surface area contributed by atoms with E-state index >= 15 is 0 Å². The lowest BCUT2D eigenvalue weighted by molar-refractivity contribution is -0.136. The smallest absolute Gasteiger partial charge is 0.313 e. The molecular formula is C18H19BrN2O3. The minimum atomic E-state index is -0.686. The summed E-state index contributed by atoms with van der Waals surface area (Å²) in [4.78, 5) is 23.8. The summed E-state index contributed by atoms with van der Waals surface area (Å²) >= 11 is 3.36. The number of methoxy groups -OCH3 is 1. The van der Waals surface area contributed by atoms with Gasteiger partial charge in [0.1, 0.15) is 5.75 Å². The molecule has 0 aliphatic carbocycles. The molecule has 126 valence electrons. The van der Waals surface area contributed by atoms with Crippen molar-refractivity contribution in [2.24, 2.45) is 0 Å². The molecule has 0 bridgehead atoms. The highest BCUT2D eigenvalue weighted by atomic mass is 79.9. The molecule has 5 nitrogen and oxygen atoms in total. The number of carbonyl (C=O) groups excluding carboxylic acids is 2. The largest absolute Gasteiger partial charge is 0.497 e. The lowest BCUT2D eigenvalue weighted by Gasteiger charge is -2.09. The van der Waals surface area contributed by atoms with E-state index in [2.05, 4.69) is 26.6 Å². The monoisotopic (exact) mass is 390 g/mol. The number of benzene rings is 2. The summed E-state index contributed by atoms with van der Waals surface area (Å²) in [6.07, 6.45) is 0.636. The van der Waals surface area contributed by atoms with Crippen LogP contribution in [0.25, 0.3) is 0 Å². The van der Waals surface area contributed by atoms with Crippen LogP contribution >= 0.6 is 15.9 Å². The summed E-state index contributed by atoms with van der Waals surface area (Å²) in [5, 5.41) is 5.20. The van der Waals surface area contributed by atoms with E-state index in [0.29, 0.717) is 18.7 Å². The fourth-order valence-corrected chi connectivity index (χ4v) is 2.69. The Bertz CT molecular complexity index is 730. The third kappa shape index (κ3) is 5.09. The first kappa shape index (κ1) is 18.0. The van der Waals surface area contributed by atoms with Gasteiger partial charge < -0.3 is 15.4 Å². The van der Waals surface area contributed by atoms with E-state index < -0.39 is 11.8 Å². The number of nitrogens with one attached hydrogen (secondary N) is 2. The van der Waals surface area contributed by atoms with Crippen molar-refractivity contribution in [1.29, 1.82) is 0 Å².